The van der Waals surface area contributed by atoms with Gasteiger partial charge in [0.2, 0.25) is 0 Å². The first-order valence-electron chi connectivity index (χ1n) is 9.28. The summed E-state index contributed by atoms with van der Waals surface area (Å²) >= 11 is 3.65. The van der Waals surface area contributed by atoms with E-state index in [2.05, 4.69) is 72.7 Å². The maximum absolute atomic E-state index is 5.10. The molecule has 0 radical (unpaired) electrons. The van der Waals surface area contributed by atoms with Crippen molar-refractivity contribution < 1.29 is 4.74 Å². The topological polar surface area (TPSA) is 52.1 Å². The molecule has 1 heterocycles. The van der Waals surface area contributed by atoms with Crippen LogP contribution in [0.3, 0.4) is 0 Å². The van der Waals surface area contributed by atoms with E-state index in [1.807, 2.05) is 7.05 Å². The number of benzene rings is 1. The number of guanidine groups is 1. The lowest BCUT2D eigenvalue weighted by Gasteiger charge is -2.21. The van der Waals surface area contributed by atoms with Gasteiger partial charge < -0.3 is 25.2 Å². The minimum absolute atomic E-state index is 0. The number of ether oxygens (including phenoxy) is 1. The Morgan fingerprint density at radius 2 is 2.15 bits per heavy atom. The maximum Gasteiger partial charge on any atom is 0.191 e. The minimum atomic E-state index is 0. The Kier molecular flexibility index (Phi) is 12.3. The van der Waals surface area contributed by atoms with Crippen molar-refractivity contribution in [3.8, 4) is 0 Å². The Hall–Kier alpha value is -0.580. The summed E-state index contributed by atoms with van der Waals surface area (Å²) < 4.78 is 6.26. The molecule has 0 amide bonds. The number of aliphatic imine (C=N–C) groups is 1. The number of hydrogen-bond acceptors (Lipinski definition) is 4. The van der Waals surface area contributed by atoms with E-state index >= 15 is 0 Å². The van der Waals surface area contributed by atoms with Gasteiger partial charge in [0.25, 0.3) is 0 Å². The van der Waals surface area contributed by atoms with Gasteiger partial charge in [-0.05, 0) is 54.5 Å². The van der Waals surface area contributed by atoms with E-state index in [4.69, 9.17) is 4.74 Å². The zero-order chi connectivity index (χ0) is 18.8. The van der Waals surface area contributed by atoms with Gasteiger partial charge in [0, 0.05) is 50.9 Å². The average molecular weight is 554 g/mol. The van der Waals surface area contributed by atoms with Crippen LogP contribution < -0.4 is 15.5 Å². The summed E-state index contributed by atoms with van der Waals surface area (Å²) in [5.74, 6) is 0.892. The van der Waals surface area contributed by atoms with Gasteiger partial charge in [0.15, 0.2) is 5.96 Å². The molecule has 0 aliphatic carbocycles. The molecule has 6 nitrogen and oxygen atoms in total. The molecule has 2 rings (SSSR count). The van der Waals surface area contributed by atoms with Crippen molar-refractivity contribution in [2.45, 2.75) is 18.9 Å². The third kappa shape index (κ3) is 8.53. The van der Waals surface area contributed by atoms with Crippen LogP contribution in [0.1, 0.15) is 12.8 Å². The van der Waals surface area contributed by atoms with Crippen molar-refractivity contribution in [3.05, 3.63) is 28.7 Å². The Balaban J connectivity index is 0.00000364. The maximum atomic E-state index is 5.10. The number of hydrogen-bond donors (Lipinski definition) is 2. The molecule has 1 fully saturated rings. The molecule has 1 saturated heterocycles. The summed E-state index contributed by atoms with van der Waals surface area (Å²) in [5, 5.41) is 6.98. The number of halogens is 2. The highest BCUT2D eigenvalue weighted by Crippen LogP contribution is 2.28. The van der Waals surface area contributed by atoms with Crippen LogP contribution in [0.2, 0.25) is 0 Å². The molecular weight excluding hydrogens is 521 g/mol. The summed E-state index contributed by atoms with van der Waals surface area (Å²) in [5.41, 5.74) is 1.26. The number of rotatable bonds is 9. The SMILES string of the molecule is CN=C(NCCCN(C)CCOC)NC1CCN(c2ccccc2Br)C1.I. The van der Waals surface area contributed by atoms with Gasteiger partial charge in [-0.1, -0.05) is 12.1 Å². The lowest BCUT2D eigenvalue weighted by molar-refractivity contribution is 0.161. The van der Waals surface area contributed by atoms with Gasteiger partial charge >= 0.3 is 0 Å². The number of methoxy groups -OCH3 is 1. The summed E-state index contributed by atoms with van der Waals surface area (Å²) in [6, 6.07) is 8.82. The van der Waals surface area contributed by atoms with E-state index < -0.39 is 0 Å². The molecule has 1 unspecified atom stereocenters. The smallest absolute Gasteiger partial charge is 0.191 e. The fourth-order valence-electron chi connectivity index (χ4n) is 3.11. The largest absolute Gasteiger partial charge is 0.383 e. The third-order valence-corrected chi connectivity index (χ3v) is 5.30. The van der Waals surface area contributed by atoms with E-state index in [0.717, 1.165) is 62.6 Å². The highest BCUT2D eigenvalue weighted by Gasteiger charge is 2.24. The standard InChI is InChI=1S/C19H32BrN5O.HI/c1-21-19(22-10-6-11-24(2)13-14-26-3)23-16-9-12-25(15-16)18-8-5-4-7-17(18)20;/h4-5,7-8,16H,6,9-15H2,1-3H3,(H2,21,22,23);1H. The number of likely N-dealkylation sites (N-methyl/N-ethyl adjacent to an activating group) is 1. The minimum Gasteiger partial charge on any atom is -0.383 e. The predicted octanol–water partition coefficient (Wildman–Crippen LogP) is 2.78. The van der Waals surface area contributed by atoms with Crippen molar-refractivity contribution in [2.75, 3.05) is 65.4 Å². The Bertz CT molecular complexity index is 575. The summed E-state index contributed by atoms with van der Waals surface area (Å²) in [6.07, 6.45) is 2.19. The lowest BCUT2D eigenvalue weighted by atomic mass is 10.2. The molecule has 8 heteroatoms. The van der Waals surface area contributed by atoms with Gasteiger partial charge in [-0.2, -0.15) is 0 Å². The second-order valence-electron chi connectivity index (χ2n) is 6.68. The van der Waals surface area contributed by atoms with Crippen molar-refractivity contribution >= 4 is 51.6 Å². The van der Waals surface area contributed by atoms with E-state index in [1.165, 1.54) is 5.69 Å². The highest BCUT2D eigenvalue weighted by atomic mass is 127. The zero-order valence-electron chi connectivity index (χ0n) is 16.6. The number of nitrogens with one attached hydrogen (secondary N) is 2. The highest BCUT2D eigenvalue weighted by molar-refractivity contribution is 14.0. The first-order valence-corrected chi connectivity index (χ1v) is 10.1. The molecule has 1 aliphatic rings. The van der Waals surface area contributed by atoms with Crippen molar-refractivity contribution in [1.82, 2.24) is 15.5 Å². The van der Waals surface area contributed by atoms with E-state index in [-0.39, 0.29) is 24.0 Å². The normalized spacial score (nSPS) is 17.1. The van der Waals surface area contributed by atoms with Crippen LogP contribution >= 0.6 is 39.9 Å². The first kappa shape index (κ1) is 24.5. The fourth-order valence-corrected chi connectivity index (χ4v) is 3.64. The Morgan fingerprint density at radius 1 is 1.37 bits per heavy atom. The van der Waals surface area contributed by atoms with E-state index in [0.29, 0.717) is 6.04 Å². The zero-order valence-corrected chi connectivity index (χ0v) is 20.5. The Morgan fingerprint density at radius 3 is 2.85 bits per heavy atom. The second kappa shape index (κ2) is 13.6. The monoisotopic (exact) mass is 553 g/mol. The fraction of sp³-hybridized carbons (Fsp3) is 0.632. The summed E-state index contributed by atoms with van der Waals surface area (Å²) in [7, 11) is 5.70. The van der Waals surface area contributed by atoms with E-state index in [9.17, 15) is 0 Å². The Labute approximate surface area is 189 Å². The molecule has 1 atom stereocenters. The molecule has 0 spiro atoms. The van der Waals surface area contributed by atoms with E-state index in [1.54, 1.807) is 7.11 Å². The molecule has 0 bridgehead atoms. The van der Waals surface area contributed by atoms with Gasteiger partial charge in [-0.3, -0.25) is 4.99 Å². The number of nitrogens with zero attached hydrogens (tertiary/aromatic N) is 3. The second-order valence-corrected chi connectivity index (χ2v) is 7.53. The van der Waals surface area contributed by atoms with Gasteiger partial charge in [0.1, 0.15) is 0 Å². The summed E-state index contributed by atoms with van der Waals surface area (Å²) in [6.45, 7) is 5.76. The van der Waals surface area contributed by atoms with Gasteiger partial charge in [0.05, 0.1) is 12.3 Å². The van der Waals surface area contributed by atoms with Gasteiger partial charge in [-0.25, -0.2) is 0 Å². The van der Waals surface area contributed by atoms with Crippen LogP contribution in [0.15, 0.2) is 33.7 Å². The third-order valence-electron chi connectivity index (χ3n) is 4.63. The first-order chi connectivity index (χ1) is 12.6. The van der Waals surface area contributed by atoms with Crippen molar-refractivity contribution in [1.29, 1.82) is 0 Å². The molecule has 1 aromatic rings. The molecule has 0 saturated carbocycles. The quantitative estimate of drug-likeness (QED) is 0.213. The molecule has 27 heavy (non-hydrogen) atoms. The summed E-state index contributed by atoms with van der Waals surface area (Å²) in [4.78, 5) is 9.07. The molecule has 2 N–H and O–H groups in total. The molecular formula is C19H33BrIN5O. The average Bonchev–Trinajstić information content (AvgIpc) is 3.11. The van der Waals surface area contributed by atoms with Crippen LogP contribution in [0, 0.1) is 0 Å². The predicted molar refractivity (Wildman–Crippen MR) is 129 cm³/mol. The molecule has 0 aromatic heterocycles. The number of para-hydroxylation sites is 1. The molecule has 1 aliphatic heterocycles. The molecule has 1 aromatic carbocycles. The van der Waals surface area contributed by atoms with Gasteiger partial charge in [-0.15, -0.1) is 24.0 Å². The van der Waals surface area contributed by atoms with Crippen LogP contribution in [0.4, 0.5) is 5.69 Å². The molecule has 154 valence electrons. The van der Waals surface area contributed by atoms with Crippen molar-refractivity contribution in [3.63, 3.8) is 0 Å². The van der Waals surface area contributed by atoms with Crippen molar-refractivity contribution in [2.24, 2.45) is 4.99 Å². The lowest BCUT2D eigenvalue weighted by Crippen LogP contribution is -2.45. The van der Waals surface area contributed by atoms with Crippen LogP contribution in [-0.4, -0.2) is 77.4 Å². The van der Waals surface area contributed by atoms with Crippen LogP contribution in [-0.2, 0) is 4.74 Å². The van der Waals surface area contributed by atoms with Crippen LogP contribution in [0.5, 0.6) is 0 Å². The number of anilines is 1. The van der Waals surface area contributed by atoms with Crippen LogP contribution in [0.25, 0.3) is 0 Å².